The van der Waals surface area contributed by atoms with Gasteiger partial charge in [0, 0.05) is 25.4 Å². The third-order valence-electron chi connectivity index (χ3n) is 10.00. The number of sulfonamides is 1. The third kappa shape index (κ3) is 8.21. The number of alkyl carbamates (subject to hydrolysis) is 1. The van der Waals surface area contributed by atoms with Crippen LogP contribution in [0.25, 0.3) is 6.08 Å². The zero-order chi connectivity index (χ0) is 37.4. The Morgan fingerprint density at radius 1 is 1.17 bits per heavy atom. The van der Waals surface area contributed by atoms with Crippen molar-refractivity contribution in [3.8, 4) is 0 Å². The van der Waals surface area contributed by atoms with Gasteiger partial charge in [0.05, 0.1) is 24.8 Å². The van der Waals surface area contributed by atoms with E-state index in [0.717, 1.165) is 21.6 Å². The van der Waals surface area contributed by atoms with Crippen molar-refractivity contribution in [2.24, 2.45) is 5.92 Å². The standard InChI is InChI=1S/C34H40F3N5O9S/c1-2-22-16-33(22,30(45)40-52(48,49)24-10-11-24)39-28(43)27-15-23-19-42(27)29(44)26(17-34(35,36)37)38-31(46)50-14-5-3-4-7-20-8-6-9-21-18-41(32(47)51-23)13-12-25(20)21/h2,4,6-9,22-24,26-27H,1,3,5,10-19H2,(H,38,46)(H,39,43)(H,40,45)/b7-4+/t22-,23-,26+,27+,33-/m1/s1. The first-order valence-corrected chi connectivity index (χ1v) is 18.7. The fourth-order valence-corrected chi connectivity index (χ4v) is 8.32. The van der Waals surface area contributed by atoms with Crippen molar-refractivity contribution in [1.29, 1.82) is 0 Å². The number of hydrogen-bond donors (Lipinski definition) is 3. The number of amides is 5. The second-order valence-corrected chi connectivity index (χ2v) is 15.7. The average molecular weight is 752 g/mol. The summed E-state index contributed by atoms with van der Waals surface area (Å²) in [5.74, 6) is -3.98. The molecule has 6 bridgehead atoms. The molecule has 52 heavy (non-hydrogen) atoms. The summed E-state index contributed by atoms with van der Waals surface area (Å²) in [5, 5.41) is 3.76. The Hall–Kier alpha value is -4.61. The summed E-state index contributed by atoms with van der Waals surface area (Å²) >= 11 is 0. The lowest BCUT2D eigenvalue weighted by molar-refractivity contribution is -0.155. The molecule has 5 amide bonds. The van der Waals surface area contributed by atoms with Crippen LogP contribution in [0.15, 0.2) is 36.9 Å². The third-order valence-corrected chi connectivity index (χ3v) is 11.8. The zero-order valence-electron chi connectivity index (χ0n) is 28.2. The fourth-order valence-electron chi connectivity index (χ4n) is 6.95. The Balaban J connectivity index is 1.28. The van der Waals surface area contributed by atoms with Gasteiger partial charge in [-0.3, -0.25) is 19.1 Å². The van der Waals surface area contributed by atoms with Crippen LogP contribution in [0.2, 0.25) is 0 Å². The fraction of sp³-hybridized carbons (Fsp3) is 0.559. The average Bonchev–Trinajstić information content (AvgIpc) is 4.01. The first-order chi connectivity index (χ1) is 24.6. The first-order valence-electron chi connectivity index (χ1n) is 17.1. The maximum absolute atomic E-state index is 13.9. The molecule has 1 aromatic carbocycles. The molecule has 1 aromatic rings. The Labute approximate surface area is 298 Å². The number of benzene rings is 1. The Bertz CT molecular complexity index is 1780. The number of carbonyl (C=O) groups excluding carboxylic acids is 5. The minimum Gasteiger partial charge on any atom is -0.450 e. The largest absolute Gasteiger partial charge is 0.450 e. The highest BCUT2D eigenvalue weighted by atomic mass is 32.2. The predicted octanol–water partition coefficient (Wildman–Crippen LogP) is 2.67. The normalized spacial score (nSPS) is 28.9. The quantitative estimate of drug-likeness (QED) is 0.353. The van der Waals surface area contributed by atoms with E-state index in [9.17, 15) is 45.6 Å². The molecule has 0 spiro atoms. The van der Waals surface area contributed by atoms with Crippen molar-refractivity contribution >= 4 is 46.0 Å². The summed E-state index contributed by atoms with van der Waals surface area (Å²) in [6.07, 6.45) is -3.08. The number of hydrogen-bond acceptors (Lipinski definition) is 9. The summed E-state index contributed by atoms with van der Waals surface area (Å²) in [7, 11) is -4.01. The van der Waals surface area contributed by atoms with Crippen molar-refractivity contribution in [3.05, 3.63) is 53.6 Å². The molecule has 0 aromatic heterocycles. The van der Waals surface area contributed by atoms with Crippen LogP contribution >= 0.6 is 0 Å². The molecule has 0 unspecified atom stereocenters. The summed E-state index contributed by atoms with van der Waals surface area (Å²) in [6, 6.07) is 1.90. The van der Waals surface area contributed by atoms with E-state index in [0.29, 0.717) is 38.6 Å². The molecular formula is C34H40F3N5O9S. The van der Waals surface area contributed by atoms with E-state index in [1.54, 1.807) is 0 Å². The zero-order valence-corrected chi connectivity index (χ0v) is 29.0. The molecule has 2 saturated carbocycles. The monoisotopic (exact) mass is 751 g/mol. The van der Waals surface area contributed by atoms with Gasteiger partial charge in [0.1, 0.15) is 23.7 Å². The Morgan fingerprint density at radius 3 is 2.63 bits per heavy atom. The van der Waals surface area contributed by atoms with Gasteiger partial charge in [-0.05, 0) is 55.2 Å². The van der Waals surface area contributed by atoms with Crippen LogP contribution in [0.4, 0.5) is 22.8 Å². The number of fused-ring (bicyclic) bond motifs is 10. The smallest absolute Gasteiger partial charge is 0.410 e. The lowest BCUT2D eigenvalue weighted by Crippen LogP contribution is -2.58. The van der Waals surface area contributed by atoms with Gasteiger partial charge in [0.2, 0.25) is 21.8 Å². The molecule has 1 saturated heterocycles. The van der Waals surface area contributed by atoms with Gasteiger partial charge < -0.3 is 29.9 Å². The van der Waals surface area contributed by atoms with Gasteiger partial charge in [-0.1, -0.05) is 36.4 Å². The maximum atomic E-state index is 13.9. The van der Waals surface area contributed by atoms with E-state index in [1.165, 1.54) is 11.0 Å². The second kappa shape index (κ2) is 14.4. The van der Waals surface area contributed by atoms with E-state index < -0.39 is 94.0 Å². The van der Waals surface area contributed by atoms with Gasteiger partial charge in [0.15, 0.2) is 0 Å². The minimum atomic E-state index is -4.93. The van der Waals surface area contributed by atoms with E-state index >= 15 is 0 Å². The predicted molar refractivity (Wildman–Crippen MR) is 177 cm³/mol. The van der Waals surface area contributed by atoms with Crippen LogP contribution in [0.1, 0.15) is 61.6 Å². The SMILES string of the molecule is C=C[C@@H]1C[C@]1(NC(=O)[C@@H]1C[C@@H]2CN1C(=O)[C@H](CC(F)(F)F)NC(=O)OCCC/C=C/c1cccc3c1CCN(C3)C(=O)O2)C(=O)NS(=O)(=O)C1CC1. The number of halogens is 3. The van der Waals surface area contributed by atoms with Crippen LogP contribution in [-0.2, 0) is 46.8 Å². The van der Waals surface area contributed by atoms with Crippen LogP contribution < -0.4 is 15.4 Å². The highest BCUT2D eigenvalue weighted by molar-refractivity contribution is 7.91. The van der Waals surface area contributed by atoms with Crippen LogP contribution in [0, 0.1) is 5.92 Å². The molecular weight excluding hydrogens is 711 g/mol. The van der Waals surface area contributed by atoms with Gasteiger partial charge in [-0.2, -0.15) is 13.2 Å². The molecule has 282 valence electrons. The highest BCUT2D eigenvalue weighted by Gasteiger charge is 2.62. The Kier molecular flexibility index (Phi) is 10.3. The molecule has 3 N–H and O–H groups in total. The van der Waals surface area contributed by atoms with Gasteiger partial charge in [-0.15, -0.1) is 6.58 Å². The molecule has 14 nitrogen and oxygen atoms in total. The van der Waals surface area contributed by atoms with Gasteiger partial charge >= 0.3 is 18.4 Å². The van der Waals surface area contributed by atoms with E-state index in [2.05, 4.69) is 11.9 Å². The number of ether oxygens (including phenoxy) is 2. The number of nitrogens with zero attached hydrogens (tertiary/aromatic N) is 2. The number of allylic oxidation sites excluding steroid dienone is 1. The molecule has 5 atom stereocenters. The molecule has 7 rings (SSSR count). The molecule has 2 aliphatic carbocycles. The van der Waals surface area contributed by atoms with Crippen molar-refractivity contribution in [2.75, 3.05) is 19.7 Å². The van der Waals surface area contributed by atoms with Crippen LogP contribution in [0.5, 0.6) is 0 Å². The first kappa shape index (κ1) is 37.2. The van der Waals surface area contributed by atoms with Crippen LogP contribution in [-0.4, -0.2) is 103 Å². The van der Waals surface area contributed by atoms with Crippen LogP contribution in [0.3, 0.4) is 0 Å². The van der Waals surface area contributed by atoms with E-state index in [4.69, 9.17) is 9.47 Å². The lowest BCUT2D eigenvalue weighted by Gasteiger charge is -2.30. The minimum absolute atomic E-state index is 0.0227. The van der Waals surface area contributed by atoms with Gasteiger partial charge in [0.25, 0.3) is 5.91 Å². The molecule has 4 heterocycles. The number of nitrogens with one attached hydrogen (secondary N) is 3. The van der Waals surface area contributed by atoms with Crippen molar-refractivity contribution in [3.63, 3.8) is 0 Å². The van der Waals surface area contributed by atoms with E-state index in [-0.39, 0.29) is 26.0 Å². The highest BCUT2D eigenvalue weighted by Crippen LogP contribution is 2.45. The molecule has 4 aliphatic heterocycles. The van der Waals surface area contributed by atoms with Crippen molar-refractivity contribution in [1.82, 2.24) is 25.2 Å². The second-order valence-electron chi connectivity index (χ2n) is 13.8. The summed E-state index contributed by atoms with van der Waals surface area (Å²) in [5.41, 5.74) is 1.15. The van der Waals surface area contributed by atoms with E-state index in [1.807, 2.05) is 40.4 Å². The maximum Gasteiger partial charge on any atom is 0.410 e. The molecule has 0 radical (unpaired) electrons. The summed E-state index contributed by atoms with van der Waals surface area (Å²) in [4.78, 5) is 69.4. The Morgan fingerprint density at radius 2 is 1.94 bits per heavy atom. The number of carbonyl (C=O) groups is 5. The summed E-state index contributed by atoms with van der Waals surface area (Å²) < 4.78 is 79.3. The lowest BCUT2D eigenvalue weighted by atomic mass is 9.94. The van der Waals surface area contributed by atoms with Gasteiger partial charge in [-0.25, -0.2) is 18.0 Å². The van der Waals surface area contributed by atoms with Crippen molar-refractivity contribution in [2.45, 2.75) is 93.1 Å². The number of rotatable bonds is 7. The van der Waals surface area contributed by atoms with Crippen molar-refractivity contribution < 1.29 is 55.0 Å². The number of alkyl halides is 3. The topological polar surface area (TPSA) is 181 Å². The summed E-state index contributed by atoms with van der Waals surface area (Å²) in [6.45, 7) is 3.50. The molecule has 6 aliphatic rings. The molecule has 18 heteroatoms. The molecule has 3 fully saturated rings.